The molecule has 0 radical (unpaired) electrons. The Bertz CT molecular complexity index is 374. The molecule has 2 aliphatic heterocycles. The predicted molar refractivity (Wildman–Crippen MR) is 67.8 cm³/mol. The first-order chi connectivity index (χ1) is 8.90. The SMILES string of the molecule is CN(C)C1CCN(C(=O)N2CC(O)C[C@H]2C(=O)O)C1. The number of likely N-dealkylation sites (N-methyl/N-ethyl adjacent to an activating group) is 1. The number of rotatable bonds is 2. The first-order valence-corrected chi connectivity index (χ1v) is 6.53. The summed E-state index contributed by atoms with van der Waals surface area (Å²) in [5.41, 5.74) is 0. The molecule has 0 aromatic carbocycles. The Labute approximate surface area is 112 Å². The maximum absolute atomic E-state index is 12.3. The van der Waals surface area contributed by atoms with Crippen LogP contribution in [0.4, 0.5) is 4.79 Å². The second kappa shape index (κ2) is 5.34. The third-order valence-corrected chi connectivity index (χ3v) is 3.97. The quantitative estimate of drug-likeness (QED) is 0.691. The zero-order valence-corrected chi connectivity index (χ0v) is 11.3. The van der Waals surface area contributed by atoms with Gasteiger partial charge in [0, 0.05) is 32.1 Å². The van der Waals surface area contributed by atoms with E-state index in [9.17, 15) is 14.7 Å². The van der Waals surface area contributed by atoms with Crippen LogP contribution in [0.5, 0.6) is 0 Å². The Balaban J connectivity index is 2.01. The van der Waals surface area contributed by atoms with Gasteiger partial charge in [0.1, 0.15) is 6.04 Å². The summed E-state index contributed by atoms with van der Waals surface area (Å²) in [5, 5.41) is 18.7. The molecule has 7 heteroatoms. The molecule has 7 nitrogen and oxygen atoms in total. The highest BCUT2D eigenvalue weighted by Gasteiger charge is 2.42. The number of aliphatic hydroxyl groups excluding tert-OH is 1. The summed E-state index contributed by atoms with van der Waals surface area (Å²) in [5.74, 6) is -1.05. The van der Waals surface area contributed by atoms with Crippen molar-refractivity contribution in [3.8, 4) is 0 Å². The van der Waals surface area contributed by atoms with Gasteiger partial charge in [-0.15, -0.1) is 0 Å². The lowest BCUT2D eigenvalue weighted by molar-refractivity contribution is -0.141. The maximum Gasteiger partial charge on any atom is 0.326 e. The first-order valence-electron chi connectivity index (χ1n) is 6.53. The number of carbonyl (C=O) groups is 2. The summed E-state index contributed by atoms with van der Waals surface area (Å²) >= 11 is 0. The minimum Gasteiger partial charge on any atom is -0.480 e. The van der Waals surface area contributed by atoms with E-state index in [2.05, 4.69) is 4.90 Å². The van der Waals surface area contributed by atoms with Gasteiger partial charge in [-0.05, 0) is 20.5 Å². The Hall–Kier alpha value is -1.34. The van der Waals surface area contributed by atoms with E-state index in [-0.39, 0.29) is 19.0 Å². The van der Waals surface area contributed by atoms with E-state index in [1.165, 1.54) is 4.90 Å². The molecule has 2 unspecified atom stereocenters. The van der Waals surface area contributed by atoms with Gasteiger partial charge in [-0.1, -0.05) is 0 Å². The van der Waals surface area contributed by atoms with Gasteiger partial charge in [0.15, 0.2) is 0 Å². The Morgan fingerprint density at radius 2 is 1.95 bits per heavy atom. The number of carbonyl (C=O) groups excluding carboxylic acids is 1. The number of urea groups is 1. The van der Waals surface area contributed by atoms with E-state index in [1.54, 1.807) is 4.90 Å². The van der Waals surface area contributed by atoms with Crippen molar-refractivity contribution in [3.05, 3.63) is 0 Å². The van der Waals surface area contributed by atoms with Crippen molar-refractivity contribution in [1.82, 2.24) is 14.7 Å². The summed E-state index contributed by atoms with van der Waals surface area (Å²) in [6.45, 7) is 1.37. The van der Waals surface area contributed by atoms with E-state index in [0.29, 0.717) is 19.1 Å². The molecule has 19 heavy (non-hydrogen) atoms. The Morgan fingerprint density at radius 3 is 2.47 bits per heavy atom. The van der Waals surface area contributed by atoms with Crippen molar-refractivity contribution >= 4 is 12.0 Å². The van der Waals surface area contributed by atoms with Gasteiger partial charge in [0.2, 0.25) is 0 Å². The number of amides is 2. The molecule has 2 saturated heterocycles. The number of aliphatic carboxylic acids is 1. The minimum atomic E-state index is -1.05. The average molecular weight is 271 g/mol. The molecular weight excluding hydrogens is 250 g/mol. The van der Waals surface area contributed by atoms with Crippen LogP contribution in [-0.4, -0.2) is 88.8 Å². The largest absolute Gasteiger partial charge is 0.480 e. The molecule has 0 aliphatic carbocycles. The summed E-state index contributed by atoms with van der Waals surface area (Å²) in [4.78, 5) is 28.5. The van der Waals surface area contributed by atoms with Crippen LogP contribution < -0.4 is 0 Å². The summed E-state index contributed by atoms with van der Waals surface area (Å²) in [6, 6.07) is -0.853. The summed E-state index contributed by atoms with van der Waals surface area (Å²) in [7, 11) is 3.94. The molecule has 108 valence electrons. The van der Waals surface area contributed by atoms with Crippen LogP contribution in [-0.2, 0) is 4.79 Å². The third kappa shape index (κ3) is 2.82. The lowest BCUT2D eigenvalue weighted by Gasteiger charge is -2.28. The summed E-state index contributed by atoms with van der Waals surface area (Å²) in [6.07, 6.45) is 0.274. The molecular formula is C12H21N3O4. The molecule has 2 fully saturated rings. The van der Waals surface area contributed by atoms with Gasteiger partial charge >= 0.3 is 12.0 Å². The molecule has 2 heterocycles. The van der Waals surface area contributed by atoms with Gasteiger partial charge in [-0.25, -0.2) is 9.59 Å². The molecule has 0 bridgehead atoms. The third-order valence-electron chi connectivity index (χ3n) is 3.97. The van der Waals surface area contributed by atoms with E-state index < -0.39 is 18.1 Å². The van der Waals surface area contributed by atoms with Crippen molar-refractivity contribution in [2.75, 3.05) is 33.7 Å². The highest BCUT2D eigenvalue weighted by Crippen LogP contribution is 2.22. The van der Waals surface area contributed by atoms with Crippen molar-refractivity contribution in [1.29, 1.82) is 0 Å². The standard InChI is InChI=1S/C12H21N3O4/c1-13(2)8-3-4-14(6-8)12(19)15-7-9(16)5-10(15)11(17)18/h8-10,16H,3-7H2,1-2H3,(H,17,18)/t8?,9?,10-/m0/s1. The molecule has 2 rings (SSSR count). The van der Waals surface area contributed by atoms with Crippen LogP contribution in [0.25, 0.3) is 0 Å². The first kappa shape index (κ1) is 14.1. The minimum absolute atomic E-state index is 0.110. The zero-order chi connectivity index (χ0) is 14.2. The lowest BCUT2D eigenvalue weighted by Crippen LogP contribution is -2.48. The number of carboxylic acid groups (broad SMARTS) is 1. The topological polar surface area (TPSA) is 84.3 Å². The second-order valence-corrected chi connectivity index (χ2v) is 5.53. The van der Waals surface area contributed by atoms with Crippen LogP contribution in [0.15, 0.2) is 0 Å². The van der Waals surface area contributed by atoms with Crippen LogP contribution in [0.1, 0.15) is 12.8 Å². The van der Waals surface area contributed by atoms with Gasteiger partial charge in [-0.3, -0.25) is 0 Å². The van der Waals surface area contributed by atoms with Gasteiger partial charge in [-0.2, -0.15) is 0 Å². The maximum atomic E-state index is 12.3. The zero-order valence-electron chi connectivity index (χ0n) is 11.3. The van der Waals surface area contributed by atoms with Gasteiger partial charge in [0.05, 0.1) is 6.10 Å². The number of aliphatic hydroxyl groups is 1. The van der Waals surface area contributed by atoms with Crippen LogP contribution in [0.2, 0.25) is 0 Å². The smallest absolute Gasteiger partial charge is 0.326 e. The number of carboxylic acids is 1. The normalized spacial score (nSPS) is 31.3. The van der Waals surface area contributed by atoms with Crippen molar-refractivity contribution in [2.24, 2.45) is 0 Å². The average Bonchev–Trinajstić information content (AvgIpc) is 2.94. The molecule has 0 aromatic heterocycles. The fraction of sp³-hybridized carbons (Fsp3) is 0.833. The predicted octanol–water partition coefficient (Wildman–Crippen LogP) is -0.738. The summed E-state index contributed by atoms with van der Waals surface area (Å²) < 4.78 is 0. The molecule has 2 amide bonds. The molecule has 2 aliphatic rings. The molecule has 0 spiro atoms. The van der Waals surface area contributed by atoms with Crippen molar-refractivity contribution in [3.63, 3.8) is 0 Å². The molecule has 0 saturated carbocycles. The Morgan fingerprint density at radius 1 is 1.26 bits per heavy atom. The van der Waals surface area contributed by atoms with Crippen LogP contribution >= 0.6 is 0 Å². The molecule has 3 atom stereocenters. The van der Waals surface area contributed by atoms with E-state index in [4.69, 9.17) is 5.11 Å². The van der Waals surface area contributed by atoms with E-state index >= 15 is 0 Å². The fourth-order valence-corrected chi connectivity index (χ4v) is 2.78. The van der Waals surface area contributed by atoms with Crippen molar-refractivity contribution < 1.29 is 19.8 Å². The fourth-order valence-electron chi connectivity index (χ4n) is 2.78. The second-order valence-electron chi connectivity index (χ2n) is 5.53. The molecule has 0 aromatic rings. The Kier molecular flexibility index (Phi) is 3.96. The van der Waals surface area contributed by atoms with Gasteiger partial charge in [0.25, 0.3) is 0 Å². The molecule has 2 N–H and O–H groups in total. The highest BCUT2D eigenvalue weighted by molar-refractivity contribution is 5.83. The monoisotopic (exact) mass is 271 g/mol. The number of nitrogens with zero attached hydrogens (tertiary/aromatic N) is 3. The van der Waals surface area contributed by atoms with Gasteiger partial charge < -0.3 is 24.9 Å². The number of hydrogen-bond donors (Lipinski definition) is 2. The van der Waals surface area contributed by atoms with E-state index in [0.717, 1.165) is 6.42 Å². The highest BCUT2D eigenvalue weighted by atomic mass is 16.4. The lowest BCUT2D eigenvalue weighted by atomic mass is 10.2. The van der Waals surface area contributed by atoms with Crippen LogP contribution in [0.3, 0.4) is 0 Å². The van der Waals surface area contributed by atoms with Crippen molar-refractivity contribution in [2.45, 2.75) is 31.0 Å². The number of likely N-dealkylation sites (tertiary alicyclic amines) is 2. The van der Waals surface area contributed by atoms with Crippen LogP contribution in [0, 0.1) is 0 Å². The number of hydrogen-bond acceptors (Lipinski definition) is 4. The number of β-amino-alcohol motifs (C(OH)–C–C–N with tert-alkyl or cyclic N) is 1. The van der Waals surface area contributed by atoms with E-state index in [1.807, 2.05) is 14.1 Å².